The van der Waals surface area contributed by atoms with Crippen LogP contribution in [0, 0.1) is 6.92 Å². The van der Waals surface area contributed by atoms with E-state index in [1.54, 1.807) is 6.07 Å². The van der Waals surface area contributed by atoms with E-state index in [1.807, 2.05) is 26.0 Å². The summed E-state index contributed by atoms with van der Waals surface area (Å²) in [4.78, 5) is 23.8. The summed E-state index contributed by atoms with van der Waals surface area (Å²) >= 11 is 4.20. The molecule has 2 N–H and O–H groups in total. The Morgan fingerprint density at radius 1 is 1.28 bits per heavy atom. The minimum absolute atomic E-state index is 0.0579. The molecule has 2 amide bonds. The molecule has 0 heterocycles. The van der Waals surface area contributed by atoms with Crippen molar-refractivity contribution in [2.24, 2.45) is 0 Å². The molecule has 0 aliphatic carbocycles. The van der Waals surface area contributed by atoms with E-state index in [0.717, 1.165) is 10.5 Å². The first-order valence-electron chi connectivity index (χ1n) is 5.89. The van der Waals surface area contributed by atoms with Gasteiger partial charge in [-0.2, -0.15) is 0 Å². The summed E-state index contributed by atoms with van der Waals surface area (Å²) in [5, 5.41) is 5.40. The fraction of sp³-hybridized carbons (Fsp3) is 0.385. The lowest BCUT2D eigenvalue weighted by Gasteiger charge is -2.08. The summed E-state index contributed by atoms with van der Waals surface area (Å²) in [5.41, 5.74) is 1.49. The van der Waals surface area contributed by atoms with Crippen LogP contribution in [0.3, 0.4) is 0 Å². The highest BCUT2D eigenvalue weighted by Crippen LogP contribution is 2.13. The van der Waals surface area contributed by atoms with Crippen LogP contribution in [0.25, 0.3) is 0 Å². The van der Waals surface area contributed by atoms with Gasteiger partial charge < -0.3 is 10.6 Å². The molecule has 0 bridgehead atoms. The number of carbonyl (C=O) groups excluding carboxylic acids is 2. The molecule has 1 aromatic carbocycles. The standard InChI is InChI=1S/C13H18N2O2S/c1-3-14-12(16)6-7-15-13(17)11-8-10(18)5-4-9(11)2/h4-5,8,18H,3,6-7H2,1-2H3,(H,14,16)(H,15,17). The van der Waals surface area contributed by atoms with E-state index in [2.05, 4.69) is 23.3 Å². The molecule has 0 saturated heterocycles. The van der Waals surface area contributed by atoms with Crippen LogP contribution >= 0.6 is 12.6 Å². The first kappa shape index (κ1) is 14.6. The van der Waals surface area contributed by atoms with Crippen molar-refractivity contribution in [2.45, 2.75) is 25.2 Å². The van der Waals surface area contributed by atoms with Gasteiger partial charge in [0.2, 0.25) is 5.91 Å². The fourth-order valence-corrected chi connectivity index (χ4v) is 1.73. The van der Waals surface area contributed by atoms with Crippen LogP contribution in [-0.2, 0) is 4.79 Å². The fourth-order valence-electron chi connectivity index (χ4n) is 1.52. The van der Waals surface area contributed by atoms with Gasteiger partial charge >= 0.3 is 0 Å². The lowest BCUT2D eigenvalue weighted by atomic mass is 10.1. The maximum atomic E-state index is 11.9. The Morgan fingerprint density at radius 3 is 2.67 bits per heavy atom. The third-order valence-electron chi connectivity index (χ3n) is 2.48. The van der Waals surface area contributed by atoms with Crippen molar-refractivity contribution in [1.82, 2.24) is 10.6 Å². The predicted molar refractivity (Wildman–Crippen MR) is 74.1 cm³/mol. The molecule has 1 rings (SSSR count). The Bertz CT molecular complexity index is 447. The van der Waals surface area contributed by atoms with Crippen LogP contribution < -0.4 is 10.6 Å². The predicted octanol–water partition coefficient (Wildman–Crippen LogP) is 1.54. The SMILES string of the molecule is CCNC(=O)CCNC(=O)c1cc(S)ccc1C. The number of benzene rings is 1. The molecular weight excluding hydrogens is 248 g/mol. The van der Waals surface area contributed by atoms with Gasteiger partial charge in [-0.25, -0.2) is 0 Å². The molecule has 0 aromatic heterocycles. The van der Waals surface area contributed by atoms with Crippen molar-refractivity contribution < 1.29 is 9.59 Å². The molecule has 4 nitrogen and oxygen atoms in total. The van der Waals surface area contributed by atoms with Gasteiger partial charge in [0.05, 0.1) is 0 Å². The molecule has 98 valence electrons. The van der Waals surface area contributed by atoms with Crippen LogP contribution in [0.15, 0.2) is 23.1 Å². The highest BCUT2D eigenvalue weighted by atomic mass is 32.1. The molecule has 0 fully saturated rings. The molecule has 0 radical (unpaired) electrons. The second kappa shape index (κ2) is 7.06. The maximum Gasteiger partial charge on any atom is 0.251 e. The smallest absolute Gasteiger partial charge is 0.251 e. The highest BCUT2D eigenvalue weighted by Gasteiger charge is 2.09. The summed E-state index contributed by atoms with van der Waals surface area (Å²) in [7, 11) is 0. The van der Waals surface area contributed by atoms with Crippen LogP contribution in [-0.4, -0.2) is 24.9 Å². The number of rotatable bonds is 5. The minimum atomic E-state index is -0.173. The average molecular weight is 266 g/mol. The van der Waals surface area contributed by atoms with Gasteiger partial charge in [-0.05, 0) is 31.5 Å². The lowest BCUT2D eigenvalue weighted by Crippen LogP contribution is -2.30. The number of hydrogen-bond acceptors (Lipinski definition) is 3. The van der Waals surface area contributed by atoms with E-state index in [4.69, 9.17) is 0 Å². The summed E-state index contributed by atoms with van der Waals surface area (Å²) < 4.78 is 0. The largest absolute Gasteiger partial charge is 0.356 e. The number of nitrogens with one attached hydrogen (secondary N) is 2. The van der Waals surface area contributed by atoms with Gasteiger partial charge in [-0.1, -0.05) is 6.07 Å². The third-order valence-corrected chi connectivity index (χ3v) is 2.76. The van der Waals surface area contributed by atoms with E-state index in [-0.39, 0.29) is 11.8 Å². The first-order chi connectivity index (χ1) is 8.54. The number of thiol groups is 1. The van der Waals surface area contributed by atoms with Crippen LogP contribution in [0.1, 0.15) is 29.3 Å². The van der Waals surface area contributed by atoms with Gasteiger partial charge in [-0.15, -0.1) is 12.6 Å². The van der Waals surface area contributed by atoms with Gasteiger partial charge in [0.1, 0.15) is 0 Å². The Morgan fingerprint density at radius 2 is 2.00 bits per heavy atom. The highest BCUT2D eigenvalue weighted by molar-refractivity contribution is 7.80. The van der Waals surface area contributed by atoms with E-state index < -0.39 is 0 Å². The quantitative estimate of drug-likeness (QED) is 0.708. The Hall–Kier alpha value is -1.49. The molecule has 0 aliphatic rings. The van der Waals surface area contributed by atoms with Gasteiger partial charge in [0.25, 0.3) is 5.91 Å². The van der Waals surface area contributed by atoms with Gasteiger partial charge in [0, 0.05) is 30.0 Å². The summed E-state index contributed by atoms with van der Waals surface area (Å²) in [6.45, 7) is 4.67. The Kier molecular flexibility index (Phi) is 5.71. The summed E-state index contributed by atoms with van der Waals surface area (Å²) in [5.74, 6) is -0.231. The molecule has 0 saturated carbocycles. The van der Waals surface area contributed by atoms with Crippen molar-refractivity contribution in [2.75, 3.05) is 13.1 Å². The molecule has 0 atom stereocenters. The number of carbonyl (C=O) groups is 2. The van der Waals surface area contributed by atoms with Crippen molar-refractivity contribution in [3.63, 3.8) is 0 Å². The van der Waals surface area contributed by atoms with Crippen LogP contribution in [0.4, 0.5) is 0 Å². The number of aryl methyl sites for hydroxylation is 1. The third kappa shape index (κ3) is 4.41. The number of hydrogen-bond donors (Lipinski definition) is 3. The molecule has 5 heteroatoms. The Labute approximate surface area is 113 Å². The normalized spacial score (nSPS) is 9.94. The van der Waals surface area contributed by atoms with Crippen molar-refractivity contribution in [1.29, 1.82) is 0 Å². The lowest BCUT2D eigenvalue weighted by molar-refractivity contribution is -0.120. The van der Waals surface area contributed by atoms with E-state index >= 15 is 0 Å². The van der Waals surface area contributed by atoms with E-state index in [0.29, 0.717) is 25.1 Å². The van der Waals surface area contributed by atoms with E-state index in [9.17, 15) is 9.59 Å². The van der Waals surface area contributed by atoms with Crippen LogP contribution in [0.5, 0.6) is 0 Å². The molecule has 18 heavy (non-hydrogen) atoms. The second-order valence-electron chi connectivity index (χ2n) is 3.96. The maximum absolute atomic E-state index is 11.9. The first-order valence-corrected chi connectivity index (χ1v) is 6.33. The van der Waals surface area contributed by atoms with Crippen molar-refractivity contribution in [3.05, 3.63) is 29.3 Å². The molecule has 1 aromatic rings. The Balaban J connectivity index is 2.50. The second-order valence-corrected chi connectivity index (χ2v) is 4.48. The zero-order chi connectivity index (χ0) is 13.5. The topological polar surface area (TPSA) is 58.2 Å². The monoisotopic (exact) mass is 266 g/mol. The number of amides is 2. The van der Waals surface area contributed by atoms with Gasteiger partial charge in [0.15, 0.2) is 0 Å². The summed E-state index contributed by atoms with van der Waals surface area (Å²) in [6, 6.07) is 5.41. The molecule has 0 unspecified atom stereocenters. The van der Waals surface area contributed by atoms with E-state index in [1.165, 1.54) is 0 Å². The summed E-state index contributed by atoms with van der Waals surface area (Å²) in [6.07, 6.45) is 0.291. The van der Waals surface area contributed by atoms with Crippen molar-refractivity contribution >= 4 is 24.4 Å². The molecular formula is C13H18N2O2S. The van der Waals surface area contributed by atoms with Crippen molar-refractivity contribution in [3.8, 4) is 0 Å². The zero-order valence-corrected chi connectivity index (χ0v) is 11.5. The average Bonchev–Trinajstić information content (AvgIpc) is 2.32. The van der Waals surface area contributed by atoms with Gasteiger partial charge in [-0.3, -0.25) is 9.59 Å². The van der Waals surface area contributed by atoms with Crippen LogP contribution in [0.2, 0.25) is 0 Å². The molecule has 0 aliphatic heterocycles. The zero-order valence-electron chi connectivity index (χ0n) is 10.6. The minimum Gasteiger partial charge on any atom is -0.356 e. The molecule has 0 spiro atoms.